The van der Waals surface area contributed by atoms with Gasteiger partial charge >= 0.3 is 0 Å². The molecule has 0 bridgehead atoms. The lowest BCUT2D eigenvalue weighted by Crippen LogP contribution is -1.84. The van der Waals surface area contributed by atoms with Crippen molar-refractivity contribution in [3.05, 3.63) is 72.8 Å². The number of benzene rings is 1. The van der Waals surface area contributed by atoms with E-state index in [4.69, 9.17) is 5.26 Å². The molecule has 108 valence electrons. The average molecular weight is 296 g/mol. The first-order valence-electron chi connectivity index (χ1n) is 7.23. The lowest BCUT2D eigenvalue weighted by molar-refractivity contribution is 1.32. The molecule has 0 atom stereocenters. The first-order chi connectivity index (χ1) is 11.3. The van der Waals surface area contributed by atoms with Gasteiger partial charge in [0.05, 0.1) is 11.6 Å². The molecule has 3 heterocycles. The maximum Gasteiger partial charge on any atom is 0.137 e. The highest BCUT2D eigenvalue weighted by molar-refractivity contribution is 5.95. The second-order valence-corrected chi connectivity index (χ2v) is 5.25. The lowest BCUT2D eigenvalue weighted by atomic mass is 10.0. The number of nitrogens with one attached hydrogen (secondary N) is 1. The normalized spacial score (nSPS) is 10.6. The van der Waals surface area contributed by atoms with Crippen molar-refractivity contribution < 1.29 is 0 Å². The number of nitriles is 1. The van der Waals surface area contributed by atoms with Crippen LogP contribution in [0, 0.1) is 11.3 Å². The molecule has 0 saturated carbocycles. The Bertz CT molecular complexity index is 1030. The number of hydrogen-bond acceptors (Lipinski definition) is 3. The largest absolute Gasteiger partial charge is 0.346 e. The van der Waals surface area contributed by atoms with Gasteiger partial charge in [0.15, 0.2) is 0 Å². The molecule has 0 amide bonds. The summed E-state index contributed by atoms with van der Waals surface area (Å²) in [6.45, 7) is 0. The summed E-state index contributed by atoms with van der Waals surface area (Å²) in [5.41, 5.74) is 5.65. The van der Waals surface area contributed by atoms with Crippen molar-refractivity contribution in [2.24, 2.45) is 0 Å². The molecule has 0 aliphatic rings. The molecule has 0 fully saturated rings. The molecule has 0 spiro atoms. The van der Waals surface area contributed by atoms with Crippen molar-refractivity contribution in [2.45, 2.75) is 0 Å². The number of H-pyrrole nitrogens is 1. The smallest absolute Gasteiger partial charge is 0.137 e. The number of aromatic amines is 1. The second kappa shape index (κ2) is 5.39. The fraction of sp³-hybridized carbons (Fsp3) is 0. The first kappa shape index (κ1) is 13.2. The molecule has 4 aromatic rings. The monoisotopic (exact) mass is 296 g/mol. The number of rotatable bonds is 2. The molecule has 4 rings (SSSR count). The van der Waals surface area contributed by atoms with E-state index >= 15 is 0 Å². The van der Waals surface area contributed by atoms with Gasteiger partial charge in [-0.25, -0.2) is 4.98 Å². The Morgan fingerprint density at radius 1 is 0.957 bits per heavy atom. The second-order valence-electron chi connectivity index (χ2n) is 5.25. The Morgan fingerprint density at radius 3 is 2.65 bits per heavy atom. The maximum absolute atomic E-state index is 9.06. The summed E-state index contributed by atoms with van der Waals surface area (Å²) in [6, 6.07) is 15.8. The Labute approximate surface area is 133 Å². The molecular weight excluding hydrogens is 284 g/mol. The zero-order valence-electron chi connectivity index (χ0n) is 12.2. The molecule has 4 heteroatoms. The van der Waals surface area contributed by atoms with E-state index in [1.807, 2.05) is 42.7 Å². The molecule has 0 aliphatic heterocycles. The summed E-state index contributed by atoms with van der Waals surface area (Å²) in [5, 5.41) is 10.1. The van der Waals surface area contributed by atoms with E-state index < -0.39 is 0 Å². The zero-order valence-corrected chi connectivity index (χ0v) is 12.2. The van der Waals surface area contributed by atoms with Gasteiger partial charge in [0.2, 0.25) is 0 Å². The molecule has 0 aliphatic carbocycles. The van der Waals surface area contributed by atoms with Gasteiger partial charge in [-0.1, -0.05) is 12.1 Å². The van der Waals surface area contributed by atoms with Gasteiger partial charge in [0, 0.05) is 41.3 Å². The molecule has 23 heavy (non-hydrogen) atoms. The highest BCUT2D eigenvalue weighted by atomic mass is 14.8. The van der Waals surface area contributed by atoms with Crippen molar-refractivity contribution in [3.8, 4) is 28.3 Å². The standard InChI is InChI=1S/C19H12N4/c20-10-13-2-1-3-15(8-13)16-9-17-18(12-23-19(17)22-11-16)14-4-6-21-7-5-14/h1-9,11-12H,(H,22,23). The van der Waals surface area contributed by atoms with Crippen LogP contribution in [0.5, 0.6) is 0 Å². The zero-order chi connectivity index (χ0) is 15.6. The summed E-state index contributed by atoms with van der Waals surface area (Å²) < 4.78 is 0. The SMILES string of the molecule is N#Cc1cccc(-c2cnc3[nH]cc(-c4ccncc4)c3c2)c1. The topological polar surface area (TPSA) is 65.4 Å². The van der Waals surface area contributed by atoms with Crippen molar-refractivity contribution >= 4 is 11.0 Å². The maximum atomic E-state index is 9.06. The summed E-state index contributed by atoms with van der Waals surface area (Å²) in [7, 11) is 0. The Balaban J connectivity index is 1.89. The predicted octanol–water partition coefficient (Wildman–Crippen LogP) is 4.16. The van der Waals surface area contributed by atoms with Gasteiger partial charge in [0.25, 0.3) is 0 Å². The molecule has 4 nitrogen and oxygen atoms in total. The highest BCUT2D eigenvalue weighted by Gasteiger charge is 2.09. The Hall–Kier alpha value is -3.45. The van der Waals surface area contributed by atoms with Gasteiger partial charge in [0.1, 0.15) is 5.65 Å². The van der Waals surface area contributed by atoms with Crippen LogP contribution < -0.4 is 0 Å². The number of fused-ring (bicyclic) bond motifs is 1. The Kier molecular flexibility index (Phi) is 3.10. The first-order valence-corrected chi connectivity index (χ1v) is 7.23. The predicted molar refractivity (Wildman–Crippen MR) is 89.5 cm³/mol. The molecule has 3 aromatic heterocycles. The van der Waals surface area contributed by atoms with Gasteiger partial charge in [-0.2, -0.15) is 5.26 Å². The third kappa shape index (κ3) is 2.34. The van der Waals surface area contributed by atoms with Crippen LogP contribution in [0.4, 0.5) is 0 Å². The number of pyridine rings is 2. The molecule has 1 aromatic carbocycles. The van der Waals surface area contributed by atoms with Crippen LogP contribution in [0.2, 0.25) is 0 Å². The lowest BCUT2D eigenvalue weighted by Gasteiger charge is -2.04. The number of nitrogens with zero attached hydrogens (tertiary/aromatic N) is 3. The number of hydrogen-bond donors (Lipinski definition) is 1. The van der Waals surface area contributed by atoms with E-state index in [1.165, 1.54) is 0 Å². The van der Waals surface area contributed by atoms with E-state index in [1.54, 1.807) is 18.5 Å². The third-order valence-corrected chi connectivity index (χ3v) is 3.85. The molecule has 0 saturated heterocycles. The van der Waals surface area contributed by atoms with Gasteiger partial charge in [-0.3, -0.25) is 4.98 Å². The van der Waals surface area contributed by atoms with Crippen molar-refractivity contribution in [3.63, 3.8) is 0 Å². The minimum atomic E-state index is 0.644. The fourth-order valence-electron chi connectivity index (χ4n) is 2.70. The summed E-state index contributed by atoms with van der Waals surface area (Å²) in [4.78, 5) is 11.8. The third-order valence-electron chi connectivity index (χ3n) is 3.85. The van der Waals surface area contributed by atoms with Crippen LogP contribution in [0.1, 0.15) is 5.56 Å². The van der Waals surface area contributed by atoms with Crippen molar-refractivity contribution in [2.75, 3.05) is 0 Å². The van der Waals surface area contributed by atoms with E-state index in [0.29, 0.717) is 5.56 Å². The van der Waals surface area contributed by atoms with Gasteiger partial charge < -0.3 is 4.98 Å². The van der Waals surface area contributed by atoms with Crippen LogP contribution in [0.15, 0.2) is 67.3 Å². The van der Waals surface area contributed by atoms with E-state index in [0.717, 1.165) is 33.3 Å². The molecular formula is C19H12N4. The van der Waals surface area contributed by atoms with E-state index in [2.05, 4.69) is 27.1 Å². The van der Waals surface area contributed by atoms with Crippen molar-refractivity contribution in [1.82, 2.24) is 15.0 Å². The van der Waals surface area contributed by atoms with Crippen molar-refractivity contribution in [1.29, 1.82) is 5.26 Å². The molecule has 1 N–H and O–H groups in total. The van der Waals surface area contributed by atoms with Gasteiger partial charge in [-0.15, -0.1) is 0 Å². The van der Waals surface area contributed by atoms with Crippen LogP contribution in [0.3, 0.4) is 0 Å². The highest BCUT2D eigenvalue weighted by Crippen LogP contribution is 2.30. The summed E-state index contributed by atoms with van der Waals surface area (Å²) in [5.74, 6) is 0. The minimum absolute atomic E-state index is 0.644. The fourth-order valence-corrected chi connectivity index (χ4v) is 2.70. The Morgan fingerprint density at radius 2 is 1.83 bits per heavy atom. The van der Waals surface area contributed by atoms with Crippen LogP contribution >= 0.6 is 0 Å². The van der Waals surface area contributed by atoms with Crippen LogP contribution in [-0.2, 0) is 0 Å². The van der Waals surface area contributed by atoms with E-state index in [9.17, 15) is 0 Å². The number of aromatic nitrogens is 3. The summed E-state index contributed by atoms with van der Waals surface area (Å²) in [6.07, 6.45) is 7.35. The average Bonchev–Trinajstić information content (AvgIpc) is 3.05. The quantitative estimate of drug-likeness (QED) is 0.604. The summed E-state index contributed by atoms with van der Waals surface area (Å²) >= 11 is 0. The van der Waals surface area contributed by atoms with Crippen LogP contribution in [0.25, 0.3) is 33.3 Å². The van der Waals surface area contributed by atoms with Gasteiger partial charge in [-0.05, 0) is 41.5 Å². The minimum Gasteiger partial charge on any atom is -0.346 e. The van der Waals surface area contributed by atoms with Crippen LogP contribution in [-0.4, -0.2) is 15.0 Å². The molecule has 0 unspecified atom stereocenters. The molecule has 0 radical (unpaired) electrons. The van der Waals surface area contributed by atoms with E-state index in [-0.39, 0.29) is 0 Å².